The second-order valence-corrected chi connectivity index (χ2v) is 6.48. The van der Waals surface area contributed by atoms with Gasteiger partial charge in [0.2, 0.25) is 0 Å². The summed E-state index contributed by atoms with van der Waals surface area (Å²) in [5.74, 6) is 0. The topological polar surface area (TPSA) is 88.0 Å². The van der Waals surface area contributed by atoms with Gasteiger partial charge in [-0.2, -0.15) is 15.3 Å². The zero-order chi connectivity index (χ0) is 18.7. The fourth-order valence-corrected chi connectivity index (χ4v) is 2.85. The van der Waals surface area contributed by atoms with E-state index in [2.05, 4.69) is 25.8 Å². The van der Waals surface area contributed by atoms with E-state index in [1.165, 1.54) is 12.4 Å². The number of aromatic nitrogens is 4. The van der Waals surface area contributed by atoms with Crippen molar-refractivity contribution >= 4 is 46.7 Å². The maximum Gasteiger partial charge on any atom is 0.285 e. The van der Waals surface area contributed by atoms with Crippen LogP contribution in [0.15, 0.2) is 40.4 Å². The summed E-state index contributed by atoms with van der Waals surface area (Å²) in [6.45, 7) is 2.25. The van der Waals surface area contributed by atoms with Gasteiger partial charge in [-0.1, -0.05) is 53.0 Å². The van der Waals surface area contributed by atoms with Crippen LogP contribution in [0.1, 0.15) is 16.8 Å². The number of hydrogen-bond acceptors (Lipinski definition) is 5. The van der Waals surface area contributed by atoms with Crippen molar-refractivity contribution in [3.05, 3.63) is 72.8 Å². The molecular weight excluding hydrogens is 399 g/mol. The molecule has 0 bridgehead atoms. The van der Waals surface area contributed by atoms with E-state index in [-0.39, 0.29) is 10.7 Å². The number of aryl methyl sites for hydroxylation is 1. The Hall–Kier alpha value is -2.35. The molecule has 7 nitrogen and oxygen atoms in total. The van der Waals surface area contributed by atoms with Gasteiger partial charge in [0.25, 0.3) is 5.56 Å². The van der Waals surface area contributed by atoms with Crippen LogP contribution in [0.3, 0.4) is 0 Å². The molecule has 2 heterocycles. The van der Waals surface area contributed by atoms with Gasteiger partial charge in [0, 0.05) is 5.02 Å². The molecule has 3 aromatic rings. The Kier molecular flexibility index (Phi) is 5.61. The summed E-state index contributed by atoms with van der Waals surface area (Å²) < 4.78 is 1.64. The molecule has 134 valence electrons. The molecule has 2 N–H and O–H groups in total. The van der Waals surface area contributed by atoms with E-state index in [9.17, 15) is 4.79 Å². The van der Waals surface area contributed by atoms with E-state index < -0.39 is 5.56 Å². The molecule has 0 saturated carbocycles. The zero-order valence-corrected chi connectivity index (χ0v) is 15.8. The Morgan fingerprint density at radius 1 is 1.31 bits per heavy atom. The summed E-state index contributed by atoms with van der Waals surface area (Å²) in [4.78, 5) is 11.4. The highest BCUT2D eigenvalue weighted by molar-refractivity contribution is 6.33. The molecule has 0 saturated heterocycles. The number of nitrogens with zero attached hydrogens (tertiary/aromatic N) is 4. The van der Waals surface area contributed by atoms with Crippen LogP contribution in [0.2, 0.25) is 15.2 Å². The summed E-state index contributed by atoms with van der Waals surface area (Å²) in [5.41, 5.74) is 4.68. The van der Waals surface area contributed by atoms with Gasteiger partial charge in [0.1, 0.15) is 15.9 Å². The van der Waals surface area contributed by atoms with Gasteiger partial charge in [-0.3, -0.25) is 10.2 Å². The van der Waals surface area contributed by atoms with Crippen LogP contribution in [0.5, 0.6) is 0 Å². The van der Waals surface area contributed by atoms with E-state index in [1.54, 1.807) is 4.68 Å². The van der Waals surface area contributed by atoms with Crippen LogP contribution in [0, 0.1) is 6.92 Å². The molecule has 0 fully saturated rings. The van der Waals surface area contributed by atoms with Crippen LogP contribution in [0.25, 0.3) is 0 Å². The molecule has 0 aliphatic rings. The van der Waals surface area contributed by atoms with Crippen molar-refractivity contribution in [2.24, 2.45) is 5.10 Å². The first-order valence-corrected chi connectivity index (χ1v) is 8.59. The van der Waals surface area contributed by atoms with Crippen molar-refractivity contribution in [1.29, 1.82) is 0 Å². The van der Waals surface area contributed by atoms with Gasteiger partial charge in [0.15, 0.2) is 0 Å². The van der Waals surface area contributed by atoms with E-state index in [0.717, 1.165) is 5.56 Å². The number of anilines is 1. The van der Waals surface area contributed by atoms with Gasteiger partial charge in [-0.05, 0) is 18.6 Å². The van der Waals surface area contributed by atoms with E-state index in [1.807, 2.05) is 31.2 Å². The van der Waals surface area contributed by atoms with Crippen LogP contribution >= 0.6 is 34.8 Å². The summed E-state index contributed by atoms with van der Waals surface area (Å²) in [6, 6.07) is 7.48. The number of H-pyrrole nitrogens is 1. The van der Waals surface area contributed by atoms with Crippen molar-refractivity contribution in [1.82, 2.24) is 20.0 Å². The lowest BCUT2D eigenvalue weighted by atomic mass is 10.2. The lowest BCUT2D eigenvalue weighted by Crippen LogP contribution is -2.10. The molecule has 0 unspecified atom stereocenters. The minimum absolute atomic E-state index is 0.0330. The van der Waals surface area contributed by atoms with Crippen LogP contribution < -0.4 is 11.0 Å². The highest BCUT2D eigenvalue weighted by atomic mass is 35.5. The van der Waals surface area contributed by atoms with Gasteiger partial charge < -0.3 is 0 Å². The molecule has 26 heavy (non-hydrogen) atoms. The largest absolute Gasteiger partial charge is 0.285 e. The van der Waals surface area contributed by atoms with Gasteiger partial charge >= 0.3 is 0 Å². The summed E-state index contributed by atoms with van der Waals surface area (Å²) in [7, 11) is 0. The molecule has 0 atom stereocenters. The second kappa shape index (κ2) is 7.90. The molecule has 0 spiro atoms. The Balaban J connectivity index is 1.81. The van der Waals surface area contributed by atoms with Gasteiger partial charge in [-0.25, -0.2) is 9.78 Å². The first-order valence-electron chi connectivity index (χ1n) is 7.46. The van der Waals surface area contributed by atoms with Crippen LogP contribution in [-0.4, -0.2) is 26.2 Å². The molecule has 0 radical (unpaired) electrons. The fourth-order valence-electron chi connectivity index (χ4n) is 2.23. The number of benzene rings is 1. The molecule has 2 aromatic heterocycles. The quantitative estimate of drug-likeness (QED) is 0.494. The van der Waals surface area contributed by atoms with Crippen molar-refractivity contribution in [3.8, 4) is 0 Å². The molecular formula is C16H13Cl3N6O. The maximum absolute atomic E-state index is 11.4. The predicted octanol–water partition coefficient (Wildman–Crippen LogP) is 3.73. The predicted molar refractivity (Wildman–Crippen MR) is 104 cm³/mol. The van der Waals surface area contributed by atoms with E-state index >= 15 is 0 Å². The minimum atomic E-state index is -0.506. The normalized spacial score (nSPS) is 11.2. The highest BCUT2D eigenvalue weighted by Crippen LogP contribution is 2.22. The first-order chi connectivity index (χ1) is 12.5. The SMILES string of the molecule is Cc1nn(Cc2ccccc2Cl)c(Cl)c1/C=N\Nc1cn[nH]c(=O)c1Cl. The first kappa shape index (κ1) is 18.4. The Morgan fingerprint density at radius 2 is 2.08 bits per heavy atom. The third kappa shape index (κ3) is 3.90. The van der Waals surface area contributed by atoms with Crippen molar-refractivity contribution < 1.29 is 0 Å². The average Bonchev–Trinajstić information content (AvgIpc) is 2.88. The Labute approximate surface area is 163 Å². The van der Waals surface area contributed by atoms with Crippen molar-refractivity contribution in [2.75, 3.05) is 5.43 Å². The molecule has 10 heteroatoms. The van der Waals surface area contributed by atoms with E-state index in [4.69, 9.17) is 34.8 Å². The zero-order valence-electron chi connectivity index (χ0n) is 13.5. The molecule has 0 aliphatic heterocycles. The minimum Gasteiger partial charge on any atom is -0.275 e. The highest BCUT2D eigenvalue weighted by Gasteiger charge is 2.13. The summed E-state index contributed by atoms with van der Waals surface area (Å²) in [6.07, 6.45) is 2.86. The van der Waals surface area contributed by atoms with Crippen molar-refractivity contribution in [3.63, 3.8) is 0 Å². The second-order valence-electron chi connectivity index (χ2n) is 5.34. The standard InChI is InChI=1S/C16H13Cl3N6O/c1-9-11(6-20-22-13-7-21-23-16(26)14(13)18)15(19)25(24-9)8-10-4-2-3-5-12(10)17/h2-7H,8H2,1H3,(H2,22,23,26)/b20-6-. The summed E-state index contributed by atoms with van der Waals surface area (Å²) >= 11 is 18.5. The average molecular weight is 412 g/mol. The lowest BCUT2D eigenvalue weighted by molar-refractivity contribution is 0.680. The number of hydrazone groups is 1. The van der Waals surface area contributed by atoms with E-state index in [0.29, 0.717) is 28.0 Å². The fraction of sp³-hybridized carbons (Fsp3) is 0.125. The third-order valence-electron chi connectivity index (χ3n) is 3.56. The third-order valence-corrected chi connectivity index (χ3v) is 4.70. The molecule has 3 rings (SSSR count). The number of hydrogen-bond donors (Lipinski definition) is 2. The van der Waals surface area contributed by atoms with Crippen LogP contribution in [0.4, 0.5) is 5.69 Å². The number of rotatable bonds is 5. The van der Waals surface area contributed by atoms with Gasteiger partial charge in [-0.15, -0.1) is 0 Å². The van der Waals surface area contributed by atoms with Gasteiger partial charge in [0.05, 0.1) is 30.2 Å². The summed E-state index contributed by atoms with van der Waals surface area (Å²) in [5, 5.41) is 15.4. The molecule has 1 aromatic carbocycles. The number of aromatic amines is 1. The number of nitrogens with one attached hydrogen (secondary N) is 2. The smallest absolute Gasteiger partial charge is 0.275 e. The molecule has 0 aliphatic carbocycles. The number of halogens is 3. The monoisotopic (exact) mass is 410 g/mol. The van der Waals surface area contributed by atoms with Crippen LogP contribution in [-0.2, 0) is 6.54 Å². The Morgan fingerprint density at radius 3 is 2.85 bits per heavy atom. The molecule has 0 amide bonds. The van der Waals surface area contributed by atoms with Crippen molar-refractivity contribution in [2.45, 2.75) is 13.5 Å². The lowest BCUT2D eigenvalue weighted by Gasteiger charge is -2.05. The Bertz CT molecular complexity index is 1030. The maximum atomic E-state index is 11.4.